The summed E-state index contributed by atoms with van der Waals surface area (Å²) in [4.78, 5) is 31.8. The molecule has 3 rings (SSSR count). The summed E-state index contributed by atoms with van der Waals surface area (Å²) in [6.07, 6.45) is 2.77. The number of ether oxygens (including phenoxy) is 2. The maximum absolute atomic E-state index is 12.7. The molecule has 0 spiro atoms. The molecule has 30 heavy (non-hydrogen) atoms. The van der Waals surface area contributed by atoms with E-state index < -0.39 is 11.9 Å². The molecule has 1 amide bonds. The van der Waals surface area contributed by atoms with Crippen molar-refractivity contribution in [3.05, 3.63) is 77.7 Å². The zero-order valence-corrected chi connectivity index (χ0v) is 16.5. The largest absolute Gasteiger partial charge is 0.491 e. The van der Waals surface area contributed by atoms with Gasteiger partial charge >= 0.3 is 5.97 Å². The highest BCUT2D eigenvalue weighted by atomic mass is 16.5. The number of nitrogens with one attached hydrogen (secondary N) is 1. The molecule has 8 nitrogen and oxygen atoms in total. The van der Waals surface area contributed by atoms with Gasteiger partial charge in [0.2, 0.25) is 0 Å². The normalized spacial score (nSPS) is 10.5. The number of carboxylic acid groups (broad SMARTS) is 1. The monoisotopic (exact) mass is 407 g/mol. The Balaban J connectivity index is 1.78. The highest BCUT2D eigenvalue weighted by Gasteiger charge is 2.13. The maximum atomic E-state index is 12.7. The molecule has 2 N–H and O–H groups in total. The summed E-state index contributed by atoms with van der Waals surface area (Å²) in [5.41, 5.74) is 1.10. The van der Waals surface area contributed by atoms with E-state index in [1.807, 2.05) is 32.0 Å². The van der Waals surface area contributed by atoms with Crippen molar-refractivity contribution in [2.24, 2.45) is 0 Å². The Bertz CT molecular complexity index is 1020. The number of pyridine rings is 2. The lowest BCUT2D eigenvalue weighted by atomic mass is 10.2. The predicted octanol–water partition coefficient (Wildman–Crippen LogP) is 3.79. The summed E-state index contributed by atoms with van der Waals surface area (Å²) in [5.74, 6) is -0.340. The second-order valence-electron chi connectivity index (χ2n) is 6.66. The molecule has 0 radical (unpaired) electrons. The molecular weight excluding hydrogens is 386 g/mol. The number of carboxylic acids is 1. The fraction of sp³-hybridized carbons (Fsp3) is 0.182. The minimum atomic E-state index is -1.09. The van der Waals surface area contributed by atoms with Crippen LogP contribution in [0, 0.1) is 0 Å². The van der Waals surface area contributed by atoms with Crippen LogP contribution in [0.5, 0.6) is 11.5 Å². The van der Waals surface area contributed by atoms with Crippen LogP contribution in [0.1, 0.15) is 40.3 Å². The summed E-state index contributed by atoms with van der Waals surface area (Å²) in [6, 6.07) is 13.2. The molecule has 154 valence electrons. The summed E-state index contributed by atoms with van der Waals surface area (Å²) < 4.78 is 11.5. The van der Waals surface area contributed by atoms with Gasteiger partial charge in [-0.25, -0.2) is 9.78 Å². The van der Waals surface area contributed by atoms with Gasteiger partial charge in [-0.2, -0.15) is 0 Å². The molecular formula is C22H21N3O5. The van der Waals surface area contributed by atoms with E-state index in [1.165, 1.54) is 18.3 Å². The molecule has 1 aromatic carbocycles. The molecule has 3 aromatic rings. The zero-order valence-electron chi connectivity index (χ0n) is 16.5. The SMILES string of the molecule is CC(C)Oc1cc(OCc2ccccn2)cc(C(=O)Nc2ccc(C(=O)O)cn2)c1. The third kappa shape index (κ3) is 5.78. The minimum Gasteiger partial charge on any atom is -0.491 e. The summed E-state index contributed by atoms with van der Waals surface area (Å²) >= 11 is 0. The Morgan fingerprint density at radius 3 is 2.47 bits per heavy atom. The summed E-state index contributed by atoms with van der Waals surface area (Å²) in [6.45, 7) is 4.01. The van der Waals surface area contributed by atoms with Crippen LogP contribution in [0.15, 0.2) is 60.9 Å². The van der Waals surface area contributed by atoms with Gasteiger partial charge in [0, 0.05) is 24.0 Å². The lowest BCUT2D eigenvalue weighted by Gasteiger charge is -2.14. The van der Waals surface area contributed by atoms with Crippen LogP contribution >= 0.6 is 0 Å². The number of carbonyl (C=O) groups excluding carboxylic acids is 1. The van der Waals surface area contributed by atoms with Gasteiger partial charge in [-0.1, -0.05) is 6.07 Å². The van der Waals surface area contributed by atoms with Crippen molar-refractivity contribution in [2.75, 3.05) is 5.32 Å². The van der Waals surface area contributed by atoms with E-state index in [0.717, 1.165) is 5.69 Å². The minimum absolute atomic E-state index is 0.0329. The first kappa shape index (κ1) is 20.8. The van der Waals surface area contributed by atoms with Gasteiger partial charge < -0.3 is 19.9 Å². The Labute approximate surface area is 173 Å². The quantitative estimate of drug-likeness (QED) is 0.584. The Hall–Kier alpha value is -3.94. The van der Waals surface area contributed by atoms with Crippen molar-refractivity contribution >= 4 is 17.7 Å². The Kier molecular flexibility index (Phi) is 6.59. The molecule has 2 heterocycles. The first-order chi connectivity index (χ1) is 14.4. The van der Waals surface area contributed by atoms with Gasteiger partial charge in [0.25, 0.3) is 5.91 Å². The lowest BCUT2D eigenvalue weighted by molar-refractivity contribution is 0.0696. The van der Waals surface area contributed by atoms with Crippen LogP contribution in [0.4, 0.5) is 5.82 Å². The second kappa shape index (κ2) is 9.51. The molecule has 8 heteroatoms. The van der Waals surface area contributed by atoms with Crippen LogP contribution < -0.4 is 14.8 Å². The molecule has 0 saturated carbocycles. The number of amides is 1. The van der Waals surface area contributed by atoms with Gasteiger partial charge in [-0.3, -0.25) is 9.78 Å². The molecule has 0 aliphatic heterocycles. The van der Waals surface area contributed by atoms with E-state index in [0.29, 0.717) is 17.1 Å². The summed E-state index contributed by atoms with van der Waals surface area (Å²) in [5, 5.41) is 11.6. The number of aromatic nitrogens is 2. The number of rotatable bonds is 8. The smallest absolute Gasteiger partial charge is 0.337 e. The fourth-order valence-electron chi connectivity index (χ4n) is 2.55. The van der Waals surface area contributed by atoms with E-state index in [2.05, 4.69) is 15.3 Å². The number of benzene rings is 1. The van der Waals surface area contributed by atoms with E-state index in [-0.39, 0.29) is 24.1 Å². The van der Waals surface area contributed by atoms with E-state index in [4.69, 9.17) is 14.6 Å². The molecule has 0 aliphatic carbocycles. The van der Waals surface area contributed by atoms with Crippen LogP contribution in [0.3, 0.4) is 0 Å². The number of nitrogens with zero attached hydrogens (tertiary/aromatic N) is 2. The molecule has 0 fully saturated rings. The van der Waals surface area contributed by atoms with Gasteiger partial charge in [0.05, 0.1) is 17.4 Å². The third-order valence-corrected chi connectivity index (χ3v) is 3.88. The van der Waals surface area contributed by atoms with E-state index in [9.17, 15) is 9.59 Å². The standard InChI is InChI=1S/C22H21N3O5/c1-14(2)30-19-10-16(9-18(11-19)29-13-17-5-3-4-8-23-17)21(26)25-20-7-6-15(12-24-20)22(27)28/h3-12,14H,13H2,1-2H3,(H,27,28)(H,24,25,26). The number of hydrogen-bond donors (Lipinski definition) is 2. The first-order valence-electron chi connectivity index (χ1n) is 9.26. The van der Waals surface area contributed by atoms with Crippen molar-refractivity contribution in [2.45, 2.75) is 26.6 Å². The van der Waals surface area contributed by atoms with Crippen molar-refractivity contribution in [3.8, 4) is 11.5 Å². The molecule has 0 saturated heterocycles. The fourth-order valence-corrected chi connectivity index (χ4v) is 2.55. The van der Waals surface area contributed by atoms with Crippen LogP contribution in [0.25, 0.3) is 0 Å². The van der Waals surface area contributed by atoms with Crippen LogP contribution in [-0.2, 0) is 6.61 Å². The number of aromatic carboxylic acids is 1. The van der Waals surface area contributed by atoms with Crippen molar-refractivity contribution in [1.29, 1.82) is 0 Å². The lowest BCUT2D eigenvalue weighted by Crippen LogP contribution is -2.14. The summed E-state index contributed by atoms with van der Waals surface area (Å²) in [7, 11) is 0. The van der Waals surface area contributed by atoms with Crippen molar-refractivity contribution in [1.82, 2.24) is 9.97 Å². The molecule has 2 aromatic heterocycles. The van der Waals surface area contributed by atoms with Crippen LogP contribution in [0.2, 0.25) is 0 Å². The number of hydrogen-bond acceptors (Lipinski definition) is 6. The van der Waals surface area contributed by atoms with E-state index in [1.54, 1.807) is 24.4 Å². The predicted molar refractivity (Wildman–Crippen MR) is 110 cm³/mol. The van der Waals surface area contributed by atoms with Crippen molar-refractivity contribution < 1.29 is 24.2 Å². The second-order valence-corrected chi connectivity index (χ2v) is 6.66. The van der Waals surface area contributed by atoms with Gasteiger partial charge in [0.1, 0.15) is 23.9 Å². The van der Waals surface area contributed by atoms with Crippen LogP contribution in [-0.4, -0.2) is 33.1 Å². The Morgan fingerprint density at radius 1 is 1.03 bits per heavy atom. The molecule has 0 unspecified atom stereocenters. The number of carbonyl (C=O) groups is 2. The third-order valence-electron chi connectivity index (χ3n) is 3.88. The average Bonchev–Trinajstić information content (AvgIpc) is 2.73. The molecule has 0 bridgehead atoms. The molecule has 0 aliphatic rings. The topological polar surface area (TPSA) is 111 Å². The van der Waals surface area contributed by atoms with Gasteiger partial charge in [-0.15, -0.1) is 0 Å². The molecule has 0 atom stereocenters. The zero-order chi connectivity index (χ0) is 21.5. The maximum Gasteiger partial charge on any atom is 0.337 e. The first-order valence-corrected chi connectivity index (χ1v) is 9.26. The Morgan fingerprint density at radius 2 is 1.83 bits per heavy atom. The van der Waals surface area contributed by atoms with Gasteiger partial charge in [-0.05, 0) is 50.2 Å². The van der Waals surface area contributed by atoms with Crippen molar-refractivity contribution in [3.63, 3.8) is 0 Å². The van der Waals surface area contributed by atoms with E-state index >= 15 is 0 Å². The highest BCUT2D eigenvalue weighted by Crippen LogP contribution is 2.25. The average molecular weight is 407 g/mol. The highest BCUT2D eigenvalue weighted by molar-refractivity contribution is 6.04. The van der Waals surface area contributed by atoms with Gasteiger partial charge in [0.15, 0.2) is 0 Å². The number of anilines is 1.